The maximum atomic E-state index is 11.9. The highest BCUT2D eigenvalue weighted by atomic mass is 28.3. The first-order valence-corrected chi connectivity index (χ1v) is 11.6. The molecule has 1 heterocycles. The summed E-state index contributed by atoms with van der Waals surface area (Å²) in [6, 6.07) is 3.14. The van der Waals surface area contributed by atoms with E-state index in [0.717, 1.165) is 36.7 Å². The van der Waals surface area contributed by atoms with Crippen molar-refractivity contribution >= 4 is 14.2 Å². The van der Waals surface area contributed by atoms with Crippen molar-refractivity contribution in [3.63, 3.8) is 0 Å². The van der Waals surface area contributed by atoms with E-state index >= 15 is 0 Å². The summed E-state index contributed by atoms with van der Waals surface area (Å²) in [5, 5.41) is 0. The number of ether oxygens (including phenoxy) is 1. The third kappa shape index (κ3) is 5.95. The molecule has 0 aromatic carbocycles. The lowest BCUT2D eigenvalue weighted by Gasteiger charge is -2.17. The largest absolute Gasteiger partial charge is 0.449 e. The molecule has 5 heteroatoms. The minimum Gasteiger partial charge on any atom is -0.449 e. The van der Waals surface area contributed by atoms with Crippen LogP contribution in [0.1, 0.15) is 36.7 Å². The topological polar surface area (TPSA) is 43.3 Å². The van der Waals surface area contributed by atoms with Crippen molar-refractivity contribution in [2.24, 2.45) is 0 Å². The monoisotopic (exact) mass is 310 g/mol. The standard InChI is InChI=1S/C16H30N2O2Si/c1-7-8-9-15-12-13(2)14(3)18(15)17-16(19)20-10-11-21(4,5)6/h12H,7-11H2,1-6H3,(H,17,19). The Hall–Kier alpha value is -1.23. The van der Waals surface area contributed by atoms with Crippen molar-refractivity contribution in [2.45, 2.75) is 65.7 Å². The second kappa shape index (κ2) is 7.68. The quantitative estimate of drug-likeness (QED) is 0.755. The second-order valence-electron chi connectivity index (χ2n) is 6.90. The average Bonchev–Trinajstić information content (AvgIpc) is 2.62. The summed E-state index contributed by atoms with van der Waals surface area (Å²) in [6.45, 7) is 13.6. The summed E-state index contributed by atoms with van der Waals surface area (Å²) >= 11 is 0. The summed E-state index contributed by atoms with van der Waals surface area (Å²) in [6.07, 6.45) is 2.88. The Bertz CT molecular complexity index is 475. The van der Waals surface area contributed by atoms with E-state index in [1.54, 1.807) is 0 Å². The molecule has 0 spiro atoms. The number of carbonyl (C=O) groups is 1. The Labute approximate surface area is 129 Å². The van der Waals surface area contributed by atoms with E-state index in [0.29, 0.717) is 6.61 Å². The van der Waals surface area contributed by atoms with E-state index < -0.39 is 8.07 Å². The Balaban J connectivity index is 2.62. The van der Waals surface area contributed by atoms with Gasteiger partial charge < -0.3 is 4.74 Å². The fourth-order valence-corrected chi connectivity index (χ4v) is 2.80. The van der Waals surface area contributed by atoms with Crippen molar-refractivity contribution < 1.29 is 9.53 Å². The van der Waals surface area contributed by atoms with Crippen LogP contribution in [0.3, 0.4) is 0 Å². The zero-order valence-corrected chi connectivity index (χ0v) is 15.4. The summed E-state index contributed by atoms with van der Waals surface area (Å²) in [4.78, 5) is 11.9. The van der Waals surface area contributed by atoms with Crippen molar-refractivity contribution in [3.05, 3.63) is 23.0 Å². The van der Waals surface area contributed by atoms with Gasteiger partial charge in [-0.05, 0) is 44.4 Å². The van der Waals surface area contributed by atoms with Gasteiger partial charge >= 0.3 is 6.09 Å². The first-order chi connectivity index (χ1) is 9.74. The Morgan fingerprint density at radius 2 is 2.00 bits per heavy atom. The highest BCUT2D eigenvalue weighted by molar-refractivity contribution is 6.76. The highest BCUT2D eigenvalue weighted by Crippen LogP contribution is 2.15. The molecule has 1 N–H and O–H groups in total. The van der Waals surface area contributed by atoms with Gasteiger partial charge in [-0.3, -0.25) is 4.68 Å². The zero-order valence-electron chi connectivity index (χ0n) is 14.4. The summed E-state index contributed by atoms with van der Waals surface area (Å²) in [7, 11) is -1.16. The lowest BCUT2D eigenvalue weighted by molar-refractivity contribution is 0.163. The number of nitrogens with zero attached hydrogens (tertiary/aromatic N) is 1. The van der Waals surface area contributed by atoms with E-state index in [-0.39, 0.29) is 6.09 Å². The van der Waals surface area contributed by atoms with Gasteiger partial charge in [0.2, 0.25) is 0 Å². The van der Waals surface area contributed by atoms with Crippen LogP contribution < -0.4 is 5.43 Å². The van der Waals surface area contributed by atoms with Gasteiger partial charge in [0.1, 0.15) is 0 Å². The number of carbonyl (C=O) groups excluding carboxylic acids is 1. The second-order valence-corrected chi connectivity index (χ2v) is 12.5. The number of aryl methyl sites for hydroxylation is 2. The number of hydrogen-bond acceptors (Lipinski definition) is 2. The van der Waals surface area contributed by atoms with Gasteiger partial charge in [0.25, 0.3) is 0 Å². The zero-order chi connectivity index (χ0) is 16.0. The van der Waals surface area contributed by atoms with Crippen LogP contribution >= 0.6 is 0 Å². The molecule has 0 saturated carbocycles. The molecule has 120 valence electrons. The van der Waals surface area contributed by atoms with E-state index in [9.17, 15) is 4.79 Å². The molecule has 4 nitrogen and oxygen atoms in total. The lowest BCUT2D eigenvalue weighted by Crippen LogP contribution is -2.28. The van der Waals surface area contributed by atoms with Crippen LogP contribution in [0.25, 0.3) is 0 Å². The molecule has 0 radical (unpaired) electrons. The van der Waals surface area contributed by atoms with Gasteiger partial charge in [-0.25, -0.2) is 10.2 Å². The SMILES string of the molecule is CCCCc1cc(C)c(C)n1NC(=O)OCC[Si](C)(C)C. The van der Waals surface area contributed by atoms with Gasteiger partial charge in [0, 0.05) is 19.5 Å². The van der Waals surface area contributed by atoms with E-state index in [1.807, 2.05) is 11.6 Å². The first kappa shape index (κ1) is 17.8. The average molecular weight is 311 g/mol. The molecule has 0 aliphatic carbocycles. The van der Waals surface area contributed by atoms with E-state index in [1.165, 1.54) is 5.56 Å². The molecular weight excluding hydrogens is 280 g/mol. The Morgan fingerprint density at radius 3 is 2.57 bits per heavy atom. The van der Waals surface area contributed by atoms with Crippen LogP contribution in [0.2, 0.25) is 25.7 Å². The summed E-state index contributed by atoms with van der Waals surface area (Å²) < 4.78 is 7.19. The Kier molecular flexibility index (Phi) is 6.52. The maximum absolute atomic E-state index is 11.9. The van der Waals surface area contributed by atoms with E-state index in [2.05, 4.69) is 45.0 Å². The normalized spacial score (nSPS) is 11.5. The smallest absolute Gasteiger partial charge is 0.426 e. The molecule has 1 amide bonds. The van der Waals surface area contributed by atoms with Crippen LogP contribution in [0.5, 0.6) is 0 Å². The fraction of sp³-hybridized carbons (Fsp3) is 0.688. The van der Waals surface area contributed by atoms with Gasteiger partial charge in [-0.2, -0.15) is 0 Å². The van der Waals surface area contributed by atoms with Crippen LogP contribution in [0.15, 0.2) is 6.07 Å². The van der Waals surface area contributed by atoms with Gasteiger partial charge in [-0.1, -0.05) is 33.0 Å². The van der Waals surface area contributed by atoms with Crippen LogP contribution in [0, 0.1) is 13.8 Å². The Morgan fingerprint density at radius 1 is 1.33 bits per heavy atom. The molecule has 21 heavy (non-hydrogen) atoms. The molecule has 0 unspecified atom stereocenters. The van der Waals surface area contributed by atoms with Crippen molar-refractivity contribution in [1.29, 1.82) is 0 Å². The first-order valence-electron chi connectivity index (χ1n) is 7.86. The number of amides is 1. The number of hydrogen-bond donors (Lipinski definition) is 1. The minimum absolute atomic E-state index is 0.357. The van der Waals surface area contributed by atoms with Crippen LogP contribution in [-0.4, -0.2) is 25.5 Å². The number of nitrogens with one attached hydrogen (secondary N) is 1. The predicted octanol–water partition coefficient (Wildman–Crippen LogP) is 4.47. The molecule has 1 rings (SSSR count). The molecule has 0 fully saturated rings. The third-order valence-corrected chi connectivity index (χ3v) is 5.36. The van der Waals surface area contributed by atoms with Gasteiger partial charge in [-0.15, -0.1) is 0 Å². The molecule has 0 saturated heterocycles. The van der Waals surface area contributed by atoms with Crippen molar-refractivity contribution in [2.75, 3.05) is 12.0 Å². The predicted molar refractivity (Wildman–Crippen MR) is 91.4 cm³/mol. The molecule has 1 aromatic heterocycles. The van der Waals surface area contributed by atoms with Gasteiger partial charge in [0.15, 0.2) is 0 Å². The summed E-state index contributed by atoms with van der Waals surface area (Å²) in [5.74, 6) is 0. The van der Waals surface area contributed by atoms with Crippen LogP contribution in [0.4, 0.5) is 4.79 Å². The fourth-order valence-electron chi connectivity index (χ4n) is 2.08. The minimum atomic E-state index is -1.16. The van der Waals surface area contributed by atoms with Crippen LogP contribution in [-0.2, 0) is 11.2 Å². The third-order valence-electron chi connectivity index (χ3n) is 3.65. The molecule has 0 bridgehead atoms. The number of unbranched alkanes of at least 4 members (excludes halogenated alkanes) is 1. The lowest BCUT2D eigenvalue weighted by atomic mass is 10.2. The summed E-state index contributed by atoms with van der Waals surface area (Å²) in [5.41, 5.74) is 6.28. The molecule has 1 aromatic rings. The molecule has 0 aliphatic rings. The molecule has 0 aliphatic heterocycles. The highest BCUT2D eigenvalue weighted by Gasteiger charge is 2.15. The number of rotatable bonds is 7. The van der Waals surface area contributed by atoms with Gasteiger partial charge in [0.05, 0.1) is 6.61 Å². The number of aromatic nitrogens is 1. The maximum Gasteiger partial charge on any atom is 0.426 e. The van der Waals surface area contributed by atoms with E-state index in [4.69, 9.17) is 4.74 Å². The van der Waals surface area contributed by atoms with Crippen molar-refractivity contribution in [3.8, 4) is 0 Å². The molecular formula is C16H30N2O2Si. The molecule has 0 atom stereocenters. The van der Waals surface area contributed by atoms with Crippen molar-refractivity contribution in [1.82, 2.24) is 4.68 Å².